The lowest BCUT2D eigenvalue weighted by Crippen LogP contribution is -2.29. The molecule has 0 spiro atoms. The van der Waals surface area contributed by atoms with E-state index in [4.69, 9.17) is 0 Å². The van der Waals surface area contributed by atoms with E-state index in [0.717, 1.165) is 22.5 Å². The fourth-order valence-electron chi connectivity index (χ4n) is 5.21. The van der Waals surface area contributed by atoms with Crippen molar-refractivity contribution in [2.75, 3.05) is 0 Å². The summed E-state index contributed by atoms with van der Waals surface area (Å²) >= 11 is 0. The number of rotatable bonds is 12. The van der Waals surface area contributed by atoms with Crippen LogP contribution in [0.3, 0.4) is 0 Å². The first-order valence-electron chi connectivity index (χ1n) is 13.4. The molecule has 0 fully saturated rings. The Morgan fingerprint density at radius 3 is 2.02 bits per heavy atom. The van der Waals surface area contributed by atoms with Gasteiger partial charge >= 0.3 is 0 Å². The molecule has 0 saturated carbocycles. The number of aliphatic carboxylic acids is 1. The number of carboxylic acid groups (broad SMARTS) is 1. The van der Waals surface area contributed by atoms with Gasteiger partial charge in [0.05, 0.1) is 23.5 Å². The number of carbonyl (C=O) groups is 2. The van der Waals surface area contributed by atoms with Gasteiger partial charge in [-0.3, -0.25) is 4.79 Å². The Kier molecular flexibility index (Phi) is 9.30. The first-order chi connectivity index (χ1) is 19.2. The lowest BCUT2D eigenvalue weighted by molar-refractivity contribution is -0.307. The Bertz CT molecular complexity index is 1450. The average molecular weight is 543 g/mol. The molecular formula is C33H33FNO5-. The van der Waals surface area contributed by atoms with Crippen LogP contribution in [0.2, 0.25) is 0 Å². The van der Waals surface area contributed by atoms with Crippen molar-refractivity contribution in [3.63, 3.8) is 0 Å². The second-order valence-corrected chi connectivity index (χ2v) is 10.3. The number of ketones is 1. The van der Waals surface area contributed by atoms with Gasteiger partial charge in [-0.1, -0.05) is 74.5 Å². The van der Waals surface area contributed by atoms with Crippen molar-refractivity contribution < 1.29 is 29.3 Å². The Morgan fingerprint density at radius 2 is 1.45 bits per heavy atom. The van der Waals surface area contributed by atoms with Gasteiger partial charge in [0, 0.05) is 35.8 Å². The minimum atomic E-state index is -1.39. The molecule has 1 heterocycles. The Labute approximate surface area is 233 Å². The summed E-state index contributed by atoms with van der Waals surface area (Å²) in [6.45, 7) is 4.27. The standard InChI is InChI=1S/C33H34FNO5/c1-21(2)31-30(33(40)24-11-7-4-8-12-24)29(22-9-5-3-6-10-22)32(23-13-15-25(34)16-14-23)35(31)18-17-26(36)19-27(37)20-28(38)39/h3-16,21,26-27,36-37H,17-20H2,1-2H3,(H,38,39)/p-1. The molecule has 7 heteroatoms. The lowest BCUT2D eigenvalue weighted by Gasteiger charge is -2.20. The van der Waals surface area contributed by atoms with Crippen LogP contribution in [0.4, 0.5) is 4.39 Å². The van der Waals surface area contributed by atoms with Gasteiger partial charge in [-0.05, 0) is 54.2 Å². The van der Waals surface area contributed by atoms with E-state index < -0.39 is 24.6 Å². The third-order valence-corrected chi connectivity index (χ3v) is 6.93. The summed E-state index contributed by atoms with van der Waals surface area (Å²) in [5, 5.41) is 31.6. The second kappa shape index (κ2) is 12.9. The highest BCUT2D eigenvalue weighted by molar-refractivity contribution is 6.16. The van der Waals surface area contributed by atoms with E-state index in [1.807, 2.05) is 66.9 Å². The van der Waals surface area contributed by atoms with Crippen molar-refractivity contribution in [2.45, 2.75) is 57.8 Å². The average Bonchev–Trinajstić information content (AvgIpc) is 3.27. The molecule has 40 heavy (non-hydrogen) atoms. The summed E-state index contributed by atoms with van der Waals surface area (Å²) in [7, 11) is 0. The van der Waals surface area contributed by atoms with Gasteiger partial charge in [-0.2, -0.15) is 0 Å². The number of carboxylic acids is 1. The van der Waals surface area contributed by atoms with Crippen molar-refractivity contribution >= 4 is 11.8 Å². The smallest absolute Gasteiger partial charge is 0.195 e. The molecule has 1 aromatic heterocycles. The largest absolute Gasteiger partial charge is 0.550 e. The zero-order valence-electron chi connectivity index (χ0n) is 22.6. The SMILES string of the molecule is CC(C)c1c(C(=O)c2ccccc2)c(-c2ccccc2)c(-c2ccc(F)cc2)n1CCC(O)CC(O)CC(=O)[O-]. The molecule has 2 atom stereocenters. The molecule has 4 rings (SSSR count). The van der Waals surface area contributed by atoms with Crippen molar-refractivity contribution in [1.29, 1.82) is 0 Å². The fourth-order valence-corrected chi connectivity index (χ4v) is 5.21. The third kappa shape index (κ3) is 6.55. The number of aromatic nitrogens is 1. The quantitative estimate of drug-likeness (QED) is 0.247. The number of hydrogen-bond donors (Lipinski definition) is 2. The molecule has 0 amide bonds. The van der Waals surface area contributed by atoms with E-state index in [-0.39, 0.29) is 36.9 Å². The predicted octanol–water partition coefficient (Wildman–Crippen LogP) is 4.96. The minimum absolute atomic E-state index is 0.0971. The van der Waals surface area contributed by atoms with E-state index in [9.17, 15) is 29.3 Å². The fraction of sp³-hybridized carbons (Fsp3) is 0.273. The number of benzene rings is 3. The Morgan fingerprint density at radius 1 is 0.850 bits per heavy atom. The van der Waals surface area contributed by atoms with E-state index in [0.29, 0.717) is 16.7 Å². The highest BCUT2D eigenvalue weighted by atomic mass is 19.1. The summed E-state index contributed by atoms with van der Waals surface area (Å²) in [4.78, 5) is 25.0. The summed E-state index contributed by atoms with van der Waals surface area (Å²) in [6, 6.07) is 24.7. The highest BCUT2D eigenvalue weighted by Crippen LogP contribution is 2.43. The number of halogens is 1. The molecular weight excluding hydrogens is 509 g/mol. The molecule has 208 valence electrons. The van der Waals surface area contributed by atoms with Crippen LogP contribution in [-0.4, -0.2) is 38.7 Å². The second-order valence-electron chi connectivity index (χ2n) is 10.3. The molecule has 2 N–H and O–H groups in total. The normalized spacial score (nSPS) is 12.8. The van der Waals surface area contributed by atoms with Gasteiger partial charge in [0.2, 0.25) is 0 Å². The number of hydrogen-bond acceptors (Lipinski definition) is 5. The van der Waals surface area contributed by atoms with Gasteiger partial charge in [-0.15, -0.1) is 0 Å². The number of aliphatic hydroxyl groups is 2. The van der Waals surface area contributed by atoms with E-state index >= 15 is 0 Å². The van der Waals surface area contributed by atoms with Gasteiger partial charge in [0.1, 0.15) is 5.82 Å². The molecule has 0 aliphatic heterocycles. The van der Waals surface area contributed by atoms with Crippen molar-refractivity contribution in [3.8, 4) is 22.4 Å². The first-order valence-corrected chi connectivity index (χ1v) is 13.4. The van der Waals surface area contributed by atoms with Crippen LogP contribution in [0, 0.1) is 5.82 Å². The molecule has 0 radical (unpaired) electrons. The third-order valence-electron chi connectivity index (χ3n) is 6.93. The van der Waals surface area contributed by atoms with E-state index in [2.05, 4.69) is 0 Å². The number of carbonyl (C=O) groups excluding carboxylic acids is 2. The number of aliphatic hydroxyl groups excluding tert-OH is 2. The van der Waals surface area contributed by atoms with Crippen LogP contribution < -0.4 is 5.11 Å². The summed E-state index contributed by atoms with van der Waals surface area (Å²) in [6.07, 6.45) is -2.72. The van der Waals surface area contributed by atoms with Gasteiger partial charge in [-0.25, -0.2) is 4.39 Å². The number of nitrogens with zero attached hydrogens (tertiary/aromatic N) is 1. The summed E-state index contributed by atoms with van der Waals surface area (Å²) < 4.78 is 16.0. The zero-order chi connectivity index (χ0) is 28.8. The van der Waals surface area contributed by atoms with E-state index in [1.54, 1.807) is 24.3 Å². The van der Waals surface area contributed by atoms with Crippen LogP contribution in [-0.2, 0) is 11.3 Å². The monoisotopic (exact) mass is 542 g/mol. The maximum Gasteiger partial charge on any atom is 0.195 e. The van der Waals surface area contributed by atoms with E-state index in [1.165, 1.54) is 12.1 Å². The Hall–Kier alpha value is -4.07. The van der Waals surface area contributed by atoms with Crippen LogP contribution in [0.25, 0.3) is 22.4 Å². The maximum atomic E-state index is 14.2. The Balaban J connectivity index is 1.93. The van der Waals surface area contributed by atoms with Crippen LogP contribution in [0.15, 0.2) is 84.9 Å². The van der Waals surface area contributed by atoms with Crippen LogP contribution in [0.5, 0.6) is 0 Å². The molecule has 0 bridgehead atoms. The van der Waals surface area contributed by atoms with Gasteiger partial charge in [0.15, 0.2) is 5.78 Å². The lowest BCUT2D eigenvalue weighted by atomic mass is 9.90. The van der Waals surface area contributed by atoms with Gasteiger partial charge in [0.25, 0.3) is 0 Å². The van der Waals surface area contributed by atoms with Crippen molar-refractivity contribution in [3.05, 3.63) is 108 Å². The van der Waals surface area contributed by atoms with Crippen LogP contribution >= 0.6 is 0 Å². The van der Waals surface area contributed by atoms with Crippen molar-refractivity contribution in [2.24, 2.45) is 0 Å². The zero-order valence-corrected chi connectivity index (χ0v) is 22.6. The minimum Gasteiger partial charge on any atom is -0.550 e. The maximum absolute atomic E-state index is 14.2. The van der Waals surface area contributed by atoms with Crippen molar-refractivity contribution in [1.82, 2.24) is 4.57 Å². The highest BCUT2D eigenvalue weighted by Gasteiger charge is 2.31. The molecule has 0 saturated heterocycles. The molecule has 6 nitrogen and oxygen atoms in total. The first kappa shape index (κ1) is 28.9. The van der Waals surface area contributed by atoms with Gasteiger partial charge < -0.3 is 24.7 Å². The molecule has 0 aliphatic carbocycles. The molecule has 4 aromatic rings. The predicted molar refractivity (Wildman–Crippen MR) is 150 cm³/mol. The molecule has 3 aromatic carbocycles. The molecule has 0 aliphatic rings. The molecule has 2 unspecified atom stereocenters. The topological polar surface area (TPSA) is 103 Å². The summed E-state index contributed by atoms with van der Waals surface area (Å²) in [5.74, 6) is -2.01. The summed E-state index contributed by atoms with van der Waals surface area (Å²) in [5.41, 5.74) is 4.82. The van der Waals surface area contributed by atoms with Crippen LogP contribution in [0.1, 0.15) is 60.6 Å².